The van der Waals surface area contributed by atoms with Crippen molar-refractivity contribution in [2.75, 3.05) is 7.11 Å². The van der Waals surface area contributed by atoms with Crippen LogP contribution in [0.4, 0.5) is 8.78 Å². The van der Waals surface area contributed by atoms with E-state index in [9.17, 15) is 8.78 Å². The SMILES string of the molecule is COc1ncc(C(O)C(C)(F)F)s1. The second-order valence-corrected chi connectivity index (χ2v) is 3.62. The van der Waals surface area contributed by atoms with Gasteiger partial charge < -0.3 is 9.84 Å². The quantitative estimate of drug-likeness (QED) is 0.825. The van der Waals surface area contributed by atoms with E-state index in [4.69, 9.17) is 9.84 Å². The van der Waals surface area contributed by atoms with Crippen LogP contribution in [0.2, 0.25) is 0 Å². The van der Waals surface area contributed by atoms with Gasteiger partial charge in [-0.15, -0.1) is 0 Å². The third kappa shape index (κ3) is 2.35. The smallest absolute Gasteiger partial charge is 0.275 e. The number of rotatable bonds is 3. The molecule has 1 unspecified atom stereocenters. The lowest BCUT2D eigenvalue weighted by Gasteiger charge is -2.15. The number of aliphatic hydroxyl groups is 1. The van der Waals surface area contributed by atoms with Gasteiger partial charge in [-0.1, -0.05) is 11.3 Å². The summed E-state index contributed by atoms with van der Waals surface area (Å²) in [6.07, 6.45) is -0.625. The summed E-state index contributed by atoms with van der Waals surface area (Å²) in [5.41, 5.74) is 0. The molecule has 0 bridgehead atoms. The van der Waals surface area contributed by atoms with E-state index in [1.165, 1.54) is 13.3 Å². The van der Waals surface area contributed by atoms with Gasteiger partial charge in [0.15, 0.2) is 6.10 Å². The van der Waals surface area contributed by atoms with Crippen LogP contribution >= 0.6 is 11.3 Å². The maximum absolute atomic E-state index is 12.6. The first-order valence-electron chi connectivity index (χ1n) is 3.50. The number of alkyl halides is 2. The molecule has 13 heavy (non-hydrogen) atoms. The zero-order valence-corrected chi connectivity index (χ0v) is 7.94. The third-order valence-corrected chi connectivity index (χ3v) is 2.44. The number of nitrogens with zero attached hydrogens (tertiary/aromatic N) is 1. The van der Waals surface area contributed by atoms with E-state index in [2.05, 4.69) is 4.98 Å². The number of aromatic nitrogens is 1. The summed E-state index contributed by atoms with van der Waals surface area (Å²) < 4.78 is 29.9. The largest absolute Gasteiger partial charge is 0.473 e. The molecule has 3 nitrogen and oxygen atoms in total. The predicted octanol–water partition coefficient (Wildman–Crippen LogP) is 1.84. The van der Waals surface area contributed by atoms with Crippen LogP contribution in [-0.2, 0) is 0 Å². The third-order valence-electron chi connectivity index (χ3n) is 1.43. The Bertz CT molecular complexity index is 284. The molecule has 0 aliphatic rings. The van der Waals surface area contributed by atoms with Gasteiger partial charge in [0, 0.05) is 13.1 Å². The first-order chi connectivity index (χ1) is 5.95. The lowest BCUT2D eigenvalue weighted by Crippen LogP contribution is -2.20. The second kappa shape index (κ2) is 3.55. The van der Waals surface area contributed by atoms with Crippen LogP contribution in [0.25, 0.3) is 0 Å². The van der Waals surface area contributed by atoms with E-state index in [1.54, 1.807) is 0 Å². The van der Waals surface area contributed by atoms with E-state index in [1.807, 2.05) is 0 Å². The van der Waals surface area contributed by atoms with Crippen molar-refractivity contribution in [3.63, 3.8) is 0 Å². The van der Waals surface area contributed by atoms with Crippen LogP contribution in [0.5, 0.6) is 5.19 Å². The average molecular weight is 209 g/mol. The van der Waals surface area contributed by atoms with Crippen molar-refractivity contribution in [1.29, 1.82) is 0 Å². The minimum Gasteiger partial charge on any atom is -0.473 e. The van der Waals surface area contributed by atoms with Gasteiger partial charge in [-0.05, 0) is 0 Å². The zero-order valence-electron chi connectivity index (χ0n) is 7.12. The van der Waals surface area contributed by atoms with E-state index < -0.39 is 12.0 Å². The molecule has 0 spiro atoms. The molecule has 74 valence electrons. The van der Waals surface area contributed by atoms with E-state index >= 15 is 0 Å². The molecule has 0 saturated heterocycles. The highest BCUT2D eigenvalue weighted by molar-refractivity contribution is 7.13. The number of ether oxygens (including phenoxy) is 1. The van der Waals surface area contributed by atoms with Gasteiger partial charge in [0.1, 0.15) is 0 Å². The minimum absolute atomic E-state index is 0.101. The highest BCUT2D eigenvalue weighted by atomic mass is 32.1. The topological polar surface area (TPSA) is 42.4 Å². The summed E-state index contributed by atoms with van der Waals surface area (Å²) in [6.45, 7) is 0.657. The maximum Gasteiger partial charge on any atom is 0.275 e. The molecule has 0 aliphatic carbocycles. The molecule has 0 radical (unpaired) electrons. The molecule has 1 aromatic heterocycles. The van der Waals surface area contributed by atoms with Crippen LogP contribution in [0.15, 0.2) is 6.20 Å². The standard InChI is InChI=1S/C7H9F2NO2S/c1-7(8,9)5(11)4-3-10-6(12-2)13-4/h3,5,11H,1-2H3. The minimum atomic E-state index is -3.16. The summed E-state index contributed by atoms with van der Waals surface area (Å²) in [5.74, 6) is -3.16. The van der Waals surface area contributed by atoms with Crippen molar-refractivity contribution in [3.8, 4) is 5.19 Å². The summed E-state index contributed by atoms with van der Waals surface area (Å²) in [5, 5.41) is 9.39. The van der Waals surface area contributed by atoms with E-state index in [-0.39, 0.29) is 10.1 Å². The molecular formula is C7H9F2NO2S. The molecule has 0 saturated carbocycles. The van der Waals surface area contributed by atoms with Crippen molar-refractivity contribution in [2.45, 2.75) is 19.0 Å². The predicted molar refractivity (Wildman–Crippen MR) is 44.2 cm³/mol. The Labute approximate surface area is 78.0 Å². The molecule has 1 rings (SSSR count). The summed E-state index contributed by atoms with van der Waals surface area (Å²) in [4.78, 5) is 3.77. The Hall–Kier alpha value is -0.750. The highest BCUT2D eigenvalue weighted by Crippen LogP contribution is 2.35. The normalized spacial score (nSPS) is 14.2. The van der Waals surface area contributed by atoms with Crippen molar-refractivity contribution < 1.29 is 18.6 Å². The van der Waals surface area contributed by atoms with Gasteiger partial charge in [-0.2, -0.15) is 0 Å². The molecule has 0 fully saturated rings. The molecule has 1 atom stereocenters. The Kier molecular flexibility index (Phi) is 2.82. The van der Waals surface area contributed by atoms with Gasteiger partial charge in [0.2, 0.25) is 0 Å². The fourth-order valence-corrected chi connectivity index (χ4v) is 1.55. The van der Waals surface area contributed by atoms with Gasteiger partial charge in [-0.3, -0.25) is 0 Å². The molecule has 6 heteroatoms. The Morgan fingerprint density at radius 2 is 2.31 bits per heavy atom. The molecule has 0 aromatic carbocycles. The van der Waals surface area contributed by atoms with Crippen molar-refractivity contribution in [2.24, 2.45) is 0 Å². The first-order valence-corrected chi connectivity index (χ1v) is 4.32. The van der Waals surface area contributed by atoms with Gasteiger partial charge >= 0.3 is 0 Å². The summed E-state index contributed by atoms with van der Waals surface area (Å²) in [6, 6.07) is 0. The fourth-order valence-electron chi connectivity index (χ4n) is 0.740. The van der Waals surface area contributed by atoms with Gasteiger partial charge in [0.05, 0.1) is 12.0 Å². The number of halogens is 2. The molecule has 1 heterocycles. The van der Waals surface area contributed by atoms with Crippen molar-refractivity contribution in [1.82, 2.24) is 4.98 Å². The molecule has 1 aromatic rings. The molecule has 1 N–H and O–H groups in total. The number of hydrogen-bond acceptors (Lipinski definition) is 4. The van der Waals surface area contributed by atoms with Gasteiger partial charge in [-0.25, -0.2) is 13.8 Å². The van der Waals surface area contributed by atoms with Crippen molar-refractivity contribution in [3.05, 3.63) is 11.1 Å². The monoisotopic (exact) mass is 209 g/mol. The molecule has 0 aliphatic heterocycles. The van der Waals surface area contributed by atoms with E-state index in [0.29, 0.717) is 6.92 Å². The lowest BCUT2D eigenvalue weighted by molar-refractivity contribution is -0.0938. The van der Waals surface area contributed by atoms with Crippen LogP contribution in [0, 0.1) is 0 Å². The maximum atomic E-state index is 12.6. The number of aliphatic hydroxyl groups excluding tert-OH is 1. The van der Waals surface area contributed by atoms with Crippen LogP contribution in [0.3, 0.4) is 0 Å². The zero-order chi connectivity index (χ0) is 10.1. The van der Waals surface area contributed by atoms with Crippen LogP contribution in [-0.4, -0.2) is 23.1 Å². The molecular weight excluding hydrogens is 200 g/mol. The highest BCUT2D eigenvalue weighted by Gasteiger charge is 2.35. The summed E-state index contributed by atoms with van der Waals surface area (Å²) >= 11 is 0.905. The Morgan fingerprint density at radius 3 is 2.69 bits per heavy atom. The summed E-state index contributed by atoms with van der Waals surface area (Å²) in [7, 11) is 1.39. The van der Waals surface area contributed by atoms with Crippen molar-refractivity contribution >= 4 is 11.3 Å². The molecule has 0 amide bonds. The lowest BCUT2D eigenvalue weighted by atomic mass is 10.2. The Morgan fingerprint density at radius 1 is 1.69 bits per heavy atom. The number of hydrogen-bond donors (Lipinski definition) is 1. The number of methoxy groups -OCH3 is 1. The second-order valence-electron chi connectivity index (χ2n) is 2.59. The Balaban J connectivity index is 2.83. The average Bonchev–Trinajstić information content (AvgIpc) is 2.48. The van der Waals surface area contributed by atoms with Crippen LogP contribution < -0.4 is 4.74 Å². The fraction of sp³-hybridized carbons (Fsp3) is 0.571. The first kappa shape index (κ1) is 10.3. The van der Waals surface area contributed by atoms with E-state index in [0.717, 1.165) is 11.3 Å². The van der Waals surface area contributed by atoms with Gasteiger partial charge in [0.25, 0.3) is 11.1 Å². The van der Waals surface area contributed by atoms with Crippen LogP contribution in [0.1, 0.15) is 17.9 Å². The number of thiazole rings is 1.